The summed E-state index contributed by atoms with van der Waals surface area (Å²) in [4.78, 5) is 21.4. The molecular formula is C25H27F2N5O. The van der Waals surface area contributed by atoms with Crippen LogP contribution in [0.5, 0.6) is 0 Å². The van der Waals surface area contributed by atoms with Crippen LogP contribution in [0, 0.1) is 24.5 Å². The summed E-state index contributed by atoms with van der Waals surface area (Å²) in [6.45, 7) is 3.40. The Balaban J connectivity index is 1.13. The standard InChI is InChI=1S/C25H27F2N5O/c1-15-2-6-22-24(29-15)19(20(27)14-28-22)5-3-16-8-10-32(11-9-16)31-25(33)23-13-17-12-18(26)4-7-21(17)30-23/h2,4,6-7,12,14,16,23,30H,3,5,8-11,13H2,1H3,(H,31,33)/t23-/m1/s1. The molecule has 1 saturated heterocycles. The predicted octanol–water partition coefficient (Wildman–Crippen LogP) is 3.93. The number of anilines is 1. The first-order chi connectivity index (χ1) is 16.0. The number of piperidine rings is 1. The molecule has 2 aliphatic rings. The summed E-state index contributed by atoms with van der Waals surface area (Å²) in [5.74, 6) is -0.223. The lowest BCUT2D eigenvalue weighted by Gasteiger charge is -2.32. The Hall–Kier alpha value is -3.13. The summed E-state index contributed by atoms with van der Waals surface area (Å²) in [6, 6.07) is 7.93. The predicted molar refractivity (Wildman–Crippen MR) is 123 cm³/mol. The number of nitrogens with zero attached hydrogens (tertiary/aromatic N) is 3. The molecule has 1 aromatic carbocycles. The molecule has 0 spiro atoms. The summed E-state index contributed by atoms with van der Waals surface area (Å²) in [7, 11) is 0. The molecule has 1 amide bonds. The number of nitrogens with one attached hydrogen (secondary N) is 2. The number of carbonyl (C=O) groups excluding carboxylic acids is 1. The number of rotatable bonds is 5. The molecule has 0 aliphatic carbocycles. The second kappa shape index (κ2) is 9.02. The molecule has 8 heteroatoms. The van der Waals surface area contributed by atoms with E-state index in [0.29, 0.717) is 29.8 Å². The highest BCUT2D eigenvalue weighted by Crippen LogP contribution is 2.28. The normalized spacial score (nSPS) is 18.8. The fraction of sp³-hybridized carbons (Fsp3) is 0.400. The average Bonchev–Trinajstić information content (AvgIpc) is 3.23. The van der Waals surface area contributed by atoms with E-state index in [-0.39, 0.29) is 17.5 Å². The number of pyridine rings is 2. The van der Waals surface area contributed by atoms with Crippen LogP contribution in [-0.2, 0) is 17.6 Å². The fourth-order valence-corrected chi connectivity index (χ4v) is 4.84. The van der Waals surface area contributed by atoms with Crippen LogP contribution in [0.1, 0.15) is 36.1 Å². The lowest BCUT2D eigenvalue weighted by molar-refractivity contribution is -0.127. The molecule has 2 N–H and O–H groups in total. The summed E-state index contributed by atoms with van der Waals surface area (Å²) < 4.78 is 27.9. The van der Waals surface area contributed by atoms with Crippen LogP contribution in [0.15, 0.2) is 36.5 Å². The molecule has 33 heavy (non-hydrogen) atoms. The number of hydrazine groups is 1. The van der Waals surface area contributed by atoms with E-state index in [2.05, 4.69) is 20.7 Å². The monoisotopic (exact) mass is 451 g/mol. The molecule has 172 valence electrons. The van der Waals surface area contributed by atoms with Crippen LogP contribution < -0.4 is 10.7 Å². The van der Waals surface area contributed by atoms with Gasteiger partial charge in [-0.2, -0.15) is 0 Å². The average molecular weight is 452 g/mol. The molecule has 0 saturated carbocycles. The minimum absolute atomic E-state index is 0.100. The quantitative estimate of drug-likeness (QED) is 0.615. The van der Waals surface area contributed by atoms with E-state index in [9.17, 15) is 13.6 Å². The molecule has 5 rings (SSSR count). The number of fused-ring (bicyclic) bond motifs is 2. The maximum atomic E-state index is 14.5. The first kappa shape index (κ1) is 21.7. The summed E-state index contributed by atoms with van der Waals surface area (Å²) in [5.41, 5.74) is 7.52. The summed E-state index contributed by atoms with van der Waals surface area (Å²) in [5, 5.41) is 5.13. The highest BCUT2D eigenvalue weighted by atomic mass is 19.1. The largest absolute Gasteiger partial charge is 0.373 e. The van der Waals surface area contributed by atoms with Gasteiger partial charge in [-0.05, 0) is 74.4 Å². The van der Waals surface area contributed by atoms with E-state index in [0.717, 1.165) is 54.8 Å². The zero-order chi connectivity index (χ0) is 22.9. The zero-order valence-corrected chi connectivity index (χ0v) is 18.6. The maximum absolute atomic E-state index is 14.5. The number of benzene rings is 1. The van der Waals surface area contributed by atoms with Gasteiger partial charge in [-0.25, -0.2) is 13.8 Å². The van der Waals surface area contributed by atoms with Gasteiger partial charge in [-0.1, -0.05) is 0 Å². The third-order valence-electron chi connectivity index (χ3n) is 6.73. The van der Waals surface area contributed by atoms with Crippen LogP contribution in [0.25, 0.3) is 11.0 Å². The van der Waals surface area contributed by atoms with Crippen LogP contribution >= 0.6 is 0 Å². The third kappa shape index (κ3) is 4.66. The molecule has 2 aromatic heterocycles. The summed E-state index contributed by atoms with van der Waals surface area (Å²) in [6.07, 6.45) is 5.13. The number of aryl methyl sites for hydroxylation is 2. The van der Waals surface area contributed by atoms with E-state index in [1.807, 2.05) is 24.1 Å². The molecule has 3 aromatic rings. The number of carbonyl (C=O) groups is 1. The number of amides is 1. The third-order valence-corrected chi connectivity index (χ3v) is 6.73. The maximum Gasteiger partial charge on any atom is 0.257 e. The molecular weight excluding hydrogens is 424 g/mol. The Morgan fingerprint density at radius 3 is 2.85 bits per heavy atom. The van der Waals surface area contributed by atoms with Crippen molar-refractivity contribution in [1.29, 1.82) is 0 Å². The van der Waals surface area contributed by atoms with Crippen molar-refractivity contribution in [2.75, 3.05) is 18.4 Å². The van der Waals surface area contributed by atoms with Crippen LogP contribution in [-0.4, -0.2) is 40.0 Å². The molecule has 0 unspecified atom stereocenters. The topological polar surface area (TPSA) is 70.2 Å². The van der Waals surface area contributed by atoms with Gasteiger partial charge in [0.15, 0.2) is 0 Å². The SMILES string of the molecule is Cc1ccc2ncc(F)c(CCC3CCN(NC(=O)[C@H]4Cc5cc(F)ccc5N4)CC3)c2n1. The molecule has 1 atom stereocenters. The van der Waals surface area contributed by atoms with Crippen LogP contribution in [0.4, 0.5) is 14.5 Å². The minimum Gasteiger partial charge on any atom is -0.373 e. The van der Waals surface area contributed by atoms with Crippen molar-refractivity contribution >= 4 is 22.6 Å². The molecule has 4 heterocycles. The van der Waals surface area contributed by atoms with E-state index >= 15 is 0 Å². The number of hydrogen-bond donors (Lipinski definition) is 2. The molecule has 0 bridgehead atoms. The van der Waals surface area contributed by atoms with Gasteiger partial charge in [0.05, 0.1) is 17.2 Å². The highest BCUT2D eigenvalue weighted by Gasteiger charge is 2.29. The van der Waals surface area contributed by atoms with Gasteiger partial charge in [-0.15, -0.1) is 0 Å². The van der Waals surface area contributed by atoms with Gasteiger partial charge in [0.25, 0.3) is 5.91 Å². The first-order valence-electron chi connectivity index (χ1n) is 11.5. The first-order valence-corrected chi connectivity index (χ1v) is 11.5. The van der Waals surface area contributed by atoms with E-state index < -0.39 is 6.04 Å². The van der Waals surface area contributed by atoms with E-state index in [4.69, 9.17) is 0 Å². The second-order valence-corrected chi connectivity index (χ2v) is 9.05. The second-order valence-electron chi connectivity index (χ2n) is 9.05. The van der Waals surface area contributed by atoms with Gasteiger partial charge < -0.3 is 5.32 Å². The van der Waals surface area contributed by atoms with Crippen LogP contribution in [0.3, 0.4) is 0 Å². The Bertz CT molecular complexity index is 1190. The van der Waals surface area contributed by atoms with Crippen molar-refractivity contribution in [3.8, 4) is 0 Å². The van der Waals surface area contributed by atoms with Crippen molar-refractivity contribution in [3.63, 3.8) is 0 Å². The minimum atomic E-state index is -0.390. The van der Waals surface area contributed by atoms with Crippen molar-refractivity contribution < 1.29 is 13.6 Å². The van der Waals surface area contributed by atoms with Crippen molar-refractivity contribution in [2.24, 2.45) is 5.92 Å². The Morgan fingerprint density at radius 1 is 1.21 bits per heavy atom. The van der Waals surface area contributed by atoms with Gasteiger partial charge in [0.1, 0.15) is 17.7 Å². The van der Waals surface area contributed by atoms with Gasteiger partial charge >= 0.3 is 0 Å². The van der Waals surface area contributed by atoms with Crippen molar-refractivity contribution in [3.05, 3.63) is 65.0 Å². The number of halogens is 2. The molecule has 0 radical (unpaired) electrons. The van der Waals surface area contributed by atoms with Crippen molar-refractivity contribution in [2.45, 2.75) is 45.1 Å². The van der Waals surface area contributed by atoms with Gasteiger partial charge in [0, 0.05) is 36.5 Å². The smallest absolute Gasteiger partial charge is 0.257 e. The Kier molecular flexibility index (Phi) is 5.93. The molecule has 1 fully saturated rings. The van der Waals surface area contributed by atoms with E-state index in [1.165, 1.54) is 18.3 Å². The number of hydrogen-bond acceptors (Lipinski definition) is 5. The fourth-order valence-electron chi connectivity index (χ4n) is 4.84. The molecule has 2 aliphatic heterocycles. The highest BCUT2D eigenvalue weighted by molar-refractivity contribution is 5.87. The van der Waals surface area contributed by atoms with Crippen LogP contribution in [0.2, 0.25) is 0 Å². The number of aromatic nitrogens is 2. The van der Waals surface area contributed by atoms with Gasteiger partial charge in [-0.3, -0.25) is 20.2 Å². The Morgan fingerprint density at radius 2 is 2.03 bits per heavy atom. The lowest BCUT2D eigenvalue weighted by atomic mass is 9.91. The van der Waals surface area contributed by atoms with Gasteiger partial charge in [0.2, 0.25) is 0 Å². The molecule has 6 nitrogen and oxygen atoms in total. The zero-order valence-electron chi connectivity index (χ0n) is 18.6. The summed E-state index contributed by atoms with van der Waals surface area (Å²) >= 11 is 0. The lowest BCUT2D eigenvalue weighted by Crippen LogP contribution is -2.51. The van der Waals surface area contributed by atoms with Crippen molar-refractivity contribution in [1.82, 2.24) is 20.4 Å². The van der Waals surface area contributed by atoms with E-state index in [1.54, 1.807) is 6.07 Å². The Labute approximate surface area is 191 Å².